The Morgan fingerprint density at radius 1 is 1.36 bits per heavy atom. The predicted octanol–water partition coefficient (Wildman–Crippen LogP) is 2.47. The van der Waals surface area contributed by atoms with Gasteiger partial charge in [0.1, 0.15) is 5.82 Å². The zero-order valence-electron chi connectivity index (χ0n) is 17.2. The van der Waals surface area contributed by atoms with Gasteiger partial charge in [0, 0.05) is 40.2 Å². The van der Waals surface area contributed by atoms with Gasteiger partial charge in [-0.2, -0.15) is 0 Å². The number of piperidine rings is 1. The van der Waals surface area contributed by atoms with Crippen molar-refractivity contribution in [3.8, 4) is 0 Å². The van der Waals surface area contributed by atoms with Crippen LogP contribution in [-0.2, 0) is 4.79 Å². The summed E-state index contributed by atoms with van der Waals surface area (Å²) in [4.78, 5) is 20.3. The Morgan fingerprint density at radius 3 is 2.57 bits per heavy atom. The summed E-state index contributed by atoms with van der Waals surface area (Å²) < 4.78 is 13.6. The van der Waals surface area contributed by atoms with Crippen LogP contribution in [0.5, 0.6) is 0 Å². The molecule has 1 unspecified atom stereocenters. The summed E-state index contributed by atoms with van der Waals surface area (Å²) in [5.41, 5.74) is 0.937. The van der Waals surface area contributed by atoms with Crippen LogP contribution in [0.4, 0.5) is 4.39 Å². The first-order valence-corrected chi connectivity index (χ1v) is 9.52. The van der Waals surface area contributed by atoms with Crippen LogP contribution in [0.1, 0.15) is 30.9 Å². The molecule has 1 aliphatic heterocycles. The maximum absolute atomic E-state index is 13.6. The number of nitrogens with zero attached hydrogens (tertiary/aromatic N) is 3. The lowest BCUT2D eigenvalue weighted by Crippen LogP contribution is -2.47. The zero-order chi connectivity index (χ0) is 19.8. The standard InChI is InChI=1S/C20H32FN5O.HI/c1-22-19(27)12-15-8-10-26(11-9-15)20(23-2)24-14-18(25(3)4)16-6-5-7-17(21)13-16;/h5-7,13,15,18H,8-12,14H2,1-4H3,(H,22,27)(H,23,24);1H. The number of carbonyl (C=O) groups excluding carboxylic acids is 1. The number of amides is 1. The quantitative estimate of drug-likeness (QED) is 0.355. The molecule has 0 aromatic heterocycles. The minimum Gasteiger partial charge on any atom is -0.359 e. The van der Waals surface area contributed by atoms with Crippen molar-refractivity contribution in [2.24, 2.45) is 10.9 Å². The van der Waals surface area contributed by atoms with Crippen LogP contribution in [0.25, 0.3) is 0 Å². The van der Waals surface area contributed by atoms with Crippen molar-refractivity contribution >= 4 is 35.8 Å². The Bertz CT molecular complexity index is 647. The number of rotatable bonds is 6. The van der Waals surface area contributed by atoms with Crippen molar-refractivity contribution < 1.29 is 9.18 Å². The molecule has 8 heteroatoms. The Kier molecular flexibility index (Phi) is 10.7. The SMILES string of the molecule is CN=C(NCC(c1cccc(F)c1)N(C)C)N1CCC(CC(=O)NC)CC1.I. The summed E-state index contributed by atoms with van der Waals surface area (Å²) in [5.74, 6) is 1.18. The molecule has 1 atom stereocenters. The Morgan fingerprint density at radius 2 is 2.04 bits per heavy atom. The number of likely N-dealkylation sites (N-methyl/N-ethyl adjacent to an activating group) is 1. The molecule has 2 rings (SSSR count). The highest BCUT2D eigenvalue weighted by atomic mass is 127. The normalized spacial score (nSPS) is 16.5. The molecule has 0 bridgehead atoms. The molecular formula is C20H33FIN5O. The highest BCUT2D eigenvalue weighted by molar-refractivity contribution is 14.0. The first-order chi connectivity index (χ1) is 12.9. The molecule has 28 heavy (non-hydrogen) atoms. The van der Waals surface area contributed by atoms with Gasteiger partial charge in [0.25, 0.3) is 0 Å². The number of carbonyl (C=O) groups is 1. The molecule has 0 saturated carbocycles. The number of guanidine groups is 1. The number of halogens is 2. The van der Waals surface area contributed by atoms with Gasteiger partial charge >= 0.3 is 0 Å². The number of hydrogen-bond donors (Lipinski definition) is 2. The highest BCUT2D eigenvalue weighted by Gasteiger charge is 2.24. The van der Waals surface area contributed by atoms with Crippen LogP contribution in [0, 0.1) is 11.7 Å². The van der Waals surface area contributed by atoms with Gasteiger partial charge in [-0.15, -0.1) is 24.0 Å². The van der Waals surface area contributed by atoms with Crippen LogP contribution in [0.15, 0.2) is 29.3 Å². The lowest BCUT2D eigenvalue weighted by molar-refractivity contribution is -0.121. The third-order valence-corrected chi connectivity index (χ3v) is 5.19. The predicted molar refractivity (Wildman–Crippen MR) is 123 cm³/mol. The summed E-state index contributed by atoms with van der Waals surface area (Å²) in [6, 6.07) is 6.78. The fourth-order valence-electron chi connectivity index (χ4n) is 3.55. The number of benzene rings is 1. The van der Waals surface area contributed by atoms with Crippen molar-refractivity contribution in [1.29, 1.82) is 0 Å². The Balaban J connectivity index is 0.00000392. The van der Waals surface area contributed by atoms with E-state index in [1.807, 2.05) is 20.2 Å². The van der Waals surface area contributed by atoms with Crippen molar-refractivity contribution in [1.82, 2.24) is 20.4 Å². The molecule has 158 valence electrons. The van der Waals surface area contributed by atoms with Crippen molar-refractivity contribution in [3.63, 3.8) is 0 Å². The number of aliphatic imine (C=N–C) groups is 1. The fourth-order valence-corrected chi connectivity index (χ4v) is 3.55. The van der Waals surface area contributed by atoms with Gasteiger partial charge in [-0.25, -0.2) is 4.39 Å². The van der Waals surface area contributed by atoms with E-state index < -0.39 is 0 Å². The molecule has 0 aliphatic carbocycles. The van der Waals surface area contributed by atoms with Gasteiger partial charge in [0.05, 0.1) is 6.04 Å². The lowest BCUT2D eigenvalue weighted by Gasteiger charge is -2.35. The van der Waals surface area contributed by atoms with Crippen LogP contribution >= 0.6 is 24.0 Å². The molecule has 1 saturated heterocycles. The average molecular weight is 505 g/mol. The second kappa shape index (κ2) is 12.2. The highest BCUT2D eigenvalue weighted by Crippen LogP contribution is 2.21. The monoisotopic (exact) mass is 505 g/mol. The third kappa shape index (κ3) is 7.20. The first kappa shape index (κ1) is 24.6. The lowest BCUT2D eigenvalue weighted by atomic mass is 9.93. The topological polar surface area (TPSA) is 60.0 Å². The van der Waals surface area contributed by atoms with Gasteiger partial charge in [0.2, 0.25) is 5.91 Å². The van der Waals surface area contributed by atoms with E-state index in [1.54, 1.807) is 26.2 Å². The fraction of sp³-hybridized carbons (Fsp3) is 0.600. The summed E-state index contributed by atoms with van der Waals surface area (Å²) in [6.45, 7) is 2.41. The van der Waals surface area contributed by atoms with Gasteiger partial charge in [0.15, 0.2) is 5.96 Å². The van der Waals surface area contributed by atoms with Crippen LogP contribution in [-0.4, -0.2) is 69.5 Å². The molecule has 0 spiro atoms. The van der Waals surface area contributed by atoms with E-state index in [2.05, 4.69) is 25.4 Å². The number of nitrogens with one attached hydrogen (secondary N) is 2. The molecule has 1 heterocycles. The van der Waals surface area contributed by atoms with Crippen LogP contribution < -0.4 is 10.6 Å². The van der Waals surface area contributed by atoms with Gasteiger partial charge in [-0.1, -0.05) is 12.1 Å². The van der Waals surface area contributed by atoms with Gasteiger partial charge in [-0.05, 0) is 50.6 Å². The molecule has 0 radical (unpaired) electrons. The first-order valence-electron chi connectivity index (χ1n) is 9.52. The van der Waals surface area contributed by atoms with Crippen molar-refractivity contribution in [2.45, 2.75) is 25.3 Å². The zero-order valence-corrected chi connectivity index (χ0v) is 19.6. The van der Waals surface area contributed by atoms with Gasteiger partial charge in [-0.3, -0.25) is 9.79 Å². The van der Waals surface area contributed by atoms with E-state index >= 15 is 0 Å². The van der Waals surface area contributed by atoms with Crippen LogP contribution in [0.2, 0.25) is 0 Å². The van der Waals surface area contributed by atoms with Crippen molar-refractivity contribution in [3.05, 3.63) is 35.6 Å². The molecule has 1 aliphatic rings. The van der Waals surface area contributed by atoms with E-state index in [9.17, 15) is 9.18 Å². The molecule has 2 N–H and O–H groups in total. The second-order valence-electron chi connectivity index (χ2n) is 7.27. The number of likely N-dealkylation sites (tertiary alicyclic amines) is 1. The smallest absolute Gasteiger partial charge is 0.220 e. The summed E-state index contributed by atoms with van der Waals surface area (Å²) in [6.07, 6.45) is 2.56. The molecule has 1 aromatic rings. The summed E-state index contributed by atoms with van der Waals surface area (Å²) >= 11 is 0. The van der Waals surface area contributed by atoms with E-state index in [0.717, 1.165) is 37.5 Å². The largest absolute Gasteiger partial charge is 0.359 e. The van der Waals surface area contributed by atoms with E-state index in [1.165, 1.54) is 6.07 Å². The minimum absolute atomic E-state index is 0. The number of hydrogen-bond acceptors (Lipinski definition) is 3. The molecule has 1 fully saturated rings. The molecular weight excluding hydrogens is 472 g/mol. The molecule has 1 aromatic carbocycles. The van der Waals surface area contributed by atoms with E-state index in [0.29, 0.717) is 18.9 Å². The maximum Gasteiger partial charge on any atom is 0.220 e. The summed E-state index contributed by atoms with van der Waals surface area (Å²) in [7, 11) is 7.45. The van der Waals surface area contributed by atoms with Crippen LogP contribution in [0.3, 0.4) is 0 Å². The van der Waals surface area contributed by atoms with Gasteiger partial charge < -0.3 is 20.4 Å². The minimum atomic E-state index is -0.220. The maximum atomic E-state index is 13.6. The van der Waals surface area contributed by atoms with E-state index in [4.69, 9.17) is 0 Å². The summed E-state index contributed by atoms with van der Waals surface area (Å²) in [5, 5.41) is 6.14. The molecule has 1 amide bonds. The average Bonchev–Trinajstić information content (AvgIpc) is 2.65. The Hall–Kier alpha value is -1.42. The second-order valence-corrected chi connectivity index (χ2v) is 7.27. The molecule has 6 nitrogen and oxygen atoms in total. The third-order valence-electron chi connectivity index (χ3n) is 5.19. The Labute approximate surface area is 185 Å². The van der Waals surface area contributed by atoms with E-state index in [-0.39, 0.29) is 41.7 Å². The van der Waals surface area contributed by atoms with Crippen molar-refractivity contribution in [2.75, 3.05) is 47.8 Å².